The van der Waals surface area contributed by atoms with E-state index in [1.54, 1.807) is 5.38 Å². The van der Waals surface area contributed by atoms with Crippen LogP contribution >= 0.6 is 22.9 Å². The largest absolute Gasteiger partial charge is 0.547 e. The van der Waals surface area contributed by atoms with E-state index in [0.29, 0.717) is 11.0 Å². The number of halogens is 3. The molecule has 51 heavy (non-hydrogen) atoms. The molecular weight excluding hydrogens is 725 g/mol. The number of urea groups is 1. The molecule has 17 nitrogen and oxygen atoms in total. The van der Waals surface area contributed by atoms with Crippen molar-refractivity contribution < 1.29 is 62.5 Å². The number of amides is 6. The van der Waals surface area contributed by atoms with E-state index in [-0.39, 0.29) is 49.6 Å². The third kappa shape index (κ3) is 7.64. The molecule has 5 rings (SSSR count). The van der Waals surface area contributed by atoms with Crippen molar-refractivity contribution in [3.63, 3.8) is 0 Å². The van der Waals surface area contributed by atoms with Gasteiger partial charge in [-0.15, -0.1) is 11.3 Å². The molecule has 0 saturated carbocycles. The number of carbonyl (C=O) groups excluding carboxylic acids is 5. The quantitative estimate of drug-likeness (QED) is 0.0651. The number of nitrogens with zero attached hydrogens (tertiary/aromatic N) is 3. The minimum Gasteiger partial charge on any atom is -0.534 e. The highest BCUT2D eigenvalue weighted by molar-refractivity contribution is 7.11. The first-order valence-electron chi connectivity index (χ1n) is 14.9. The third-order valence-corrected chi connectivity index (χ3v) is 9.03. The second-order valence-electron chi connectivity index (χ2n) is 11.1. The maximum Gasteiger partial charge on any atom is 0.547 e. The lowest BCUT2D eigenvalue weighted by atomic mass is 9.72. The number of thiazole rings is 1. The first-order valence-corrected chi connectivity index (χ1v) is 16.1. The Balaban J connectivity index is 1.30. The lowest BCUT2D eigenvalue weighted by molar-refractivity contribution is -0.153. The van der Waals surface area contributed by atoms with Crippen molar-refractivity contribution in [1.29, 1.82) is 0 Å². The molecule has 7 N–H and O–H groups in total. The smallest absolute Gasteiger partial charge is 0.534 e. The fourth-order valence-electron chi connectivity index (χ4n) is 5.31. The van der Waals surface area contributed by atoms with Gasteiger partial charge in [-0.2, -0.15) is 0 Å². The lowest BCUT2D eigenvalue weighted by Crippen LogP contribution is -2.60. The maximum atomic E-state index is 14.6. The molecule has 2 aromatic carbocycles. The second kappa shape index (κ2) is 15.1. The fraction of sp³-hybridized carbons (Fsp3) is 0.276. The van der Waals surface area contributed by atoms with Gasteiger partial charge in [0.05, 0.1) is 11.0 Å². The molecule has 6 amide bonds. The number of rotatable bonds is 10. The standard InChI is InChI=1S/C29H26BClF2N6O11S/c31-18-13(11-15(33)20(40)21(18)41)19(23(42)36-16-10-12-2-3-14(32)17(28(46)47)22(12)50-30(16)49)37-29(48)39-8-7-38(26(44)27(39)45)6-1-4-34-24(43)25-35-5-9-51-25/h2-3,5,9,11,16,19,40-41,49H,1,4,6-8,10H2,(H,34,43)(H,36,42)(H,37,48)(H,46,47)/t16-,19?/m0/s1. The average molecular weight is 751 g/mol. The summed E-state index contributed by atoms with van der Waals surface area (Å²) in [5.41, 5.74) is -1.41. The predicted octanol–water partition coefficient (Wildman–Crippen LogP) is 0.565. The highest BCUT2D eigenvalue weighted by atomic mass is 35.5. The van der Waals surface area contributed by atoms with Gasteiger partial charge in [0, 0.05) is 43.3 Å². The molecule has 2 aliphatic rings. The summed E-state index contributed by atoms with van der Waals surface area (Å²) in [6.45, 7) is -0.291. The van der Waals surface area contributed by atoms with Crippen LogP contribution in [0, 0.1) is 11.6 Å². The van der Waals surface area contributed by atoms with Crippen molar-refractivity contribution in [1.82, 2.24) is 30.7 Å². The van der Waals surface area contributed by atoms with Crippen LogP contribution in [0.5, 0.6) is 17.2 Å². The first kappa shape index (κ1) is 36.7. The van der Waals surface area contributed by atoms with Crippen LogP contribution in [0.25, 0.3) is 0 Å². The van der Waals surface area contributed by atoms with E-state index in [9.17, 15) is 57.9 Å². The van der Waals surface area contributed by atoms with Crippen molar-refractivity contribution >= 4 is 65.7 Å². The van der Waals surface area contributed by atoms with Crippen LogP contribution in [0.15, 0.2) is 29.8 Å². The second-order valence-corrected chi connectivity index (χ2v) is 12.4. The number of benzene rings is 2. The zero-order valence-corrected chi connectivity index (χ0v) is 27.5. The maximum absolute atomic E-state index is 14.6. The van der Waals surface area contributed by atoms with Gasteiger partial charge in [0.1, 0.15) is 23.2 Å². The van der Waals surface area contributed by atoms with Gasteiger partial charge < -0.3 is 45.8 Å². The highest BCUT2D eigenvalue weighted by Crippen LogP contribution is 2.40. The molecule has 2 atom stereocenters. The molecule has 1 aromatic heterocycles. The summed E-state index contributed by atoms with van der Waals surface area (Å²) in [4.78, 5) is 82.0. The van der Waals surface area contributed by atoms with Crippen LogP contribution < -0.4 is 20.6 Å². The molecule has 0 aliphatic carbocycles. The van der Waals surface area contributed by atoms with Crippen molar-refractivity contribution in [2.24, 2.45) is 0 Å². The molecular formula is C29H26BClF2N6O11S. The van der Waals surface area contributed by atoms with Gasteiger partial charge in [0.25, 0.3) is 5.91 Å². The molecule has 2 aliphatic heterocycles. The number of aromatic nitrogens is 1. The lowest BCUT2D eigenvalue weighted by Gasteiger charge is -2.34. The van der Waals surface area contributed by atoms with Gasteiger partial charge in [-0.05, 0) is 30.5 Å². The van der Waals surface area contributed by atoms with E-state index in [0.717, 1.165) is 28.4 Å². The molecule has 3 aromatic rings. The molecule has 0 bridgehead atoms. The van der Waals surface area contributed by atoms with Crippen LogP contribution in [0.1, 0.15) is 43.7 Å². The van der Waals surface area contributed by atoms with Gasteiger partial charge in [0.2, 0.25) is 5.91 Å². The minimum absolute atomic E-state index is 0.0421. The molecule has 1 unspecified atom stereocenters. The van der Waals surface area contributed by atoms with Gasteiger partial charge in [-0.25, -0.2) is 23.4 Å². The Morgan fingerprint density at radius 3 is 2.55 bits per heavy atom. The summed E-state index contributed by atoms with van der Waals surface area (Å²) in [5.74, 6) is -12.6. The zero-order valence-electron chi connectivity index (χ0n) is 25.9. The van der Waals surface area contributed by atoms with Crippen molar-refractivity contribution in [3.8, 4) is 17.2 Å². The molecule has 22 heteroatoms. The van der Waals surface area contributed by atoms with E-state index in [1.165, 1.54) is 6.20 Å². The number of hydrogen-bond acceptors (Lipinski definition) is 12. The van der Waals surface area contributed by atoms with Crippen molar-refractivity contribution in [2.75, 3.05) is 26.2 Å². The van der Waals surface area contributed by atoms with E-state index < -0.39 is 99.8 Å². The number of phenolic OH excluding ortho intramolecular Hbond substituents is 2. The average Bonchev–Trinajstić information content (AvgIpc) is 3.64. The number of fused-ring (bicyclic) bond motifs is 1. The Labute approximate surface area is 294 Å². The van der Waals surface area contributed by atoms with Crippen LogP contribution in [0.4, 0.5) is 13.6 Å². The SMILES string of the molecule is O=C(NCCCN1CCN(C(=O)NC(C(=O)N[C@H]2Cc3ccc(F)c(C(=O)O)c3OB2O)c2cc(F)c(O)c(O)c2Cl)C(=O)C1=O)c1nccs1. The number of imide groups is 1. The van der Waals surface area contributed by atoms with Crippen molar-refractivity contribution in [3.05, 3.63) is 68.1 Å². The summed E-state index contributed by atoms with van der Waals surface area (Å²) in [6.07, 6.45) is 1.40. The molecule has 268 valence electrons. The van der Waals surface area contributed by atoms with E-state index >= 15 is 0 Å². The number of carbonyl (C=O) groups is 6. The molecule has 0 spiro atoms. The Bertz CT molecular complexity index is 1920. The number of aromatic hydroxyl groups is 2. The number of phenols is 2. The van der Waals surface area contributed by atoms with E-state index in [2.05, 4.69) is 20.9 Å². The number of piperazine rings is 1. The monoisotopic (exact) mass is 750 g/mol. The highest BCUT2D eigenvalue weighted by Gasteiger charge is 2.42. The number of aromatic carboxylic acids is 1. The van der Waals surface area contributed by atoms with Crippen LogP contribution in [0.3, 0.4) is 0 Å². The summed E-state index contributed by atoms with van der Waals surface area (Å²) in [6, 6.07) is -0.852. The predicted molar refractivity (Wildman–Crippen MR) is 171 cm³/mol. The van der Waals surface area contributed by atoms with E-state index in [4.69, 9.17) is 16.3 Å². The van der Waals surface area contributed by atoms with Gasteiger partial charge >= 0.3 is 30.9 Å². The Morgan fingerprint density at radius 1 is 1.12 bits per heavy atom. The Kier molecular flexibility index (Phi) is 10.9. The summed E-state index contributed by atoms with van der Waals surface area (Å²) in [7, 11) is -1.97. The van der Waals surface area contributed by atoms with Gasteiger partial charge in [-0.3, -0.25) is 24.1 Å². The van der Waals surface area contributed by atoms with Gasteiger partial charge in [-0.1, -0.05) is 17.7 Å². The fourth-order valence-corrected chi connectivity index (χ4v) is 6.11. The minimum atomic E-state index is -2.05. The third-order valence-electron chi connectivity index (χ3n) is 7.86. The summed E-state index contributed by atoms with van der Waals surface area (Å²) >= 11 is 7.25. The zero-order chi connectivity index (χ0) is 37.1. The summed E-state index contributed by atoms with van der Waals surface area (Å²) in [5, 5.41) is 48.2. The Morgan fingerprint density at radius 2 is 1.86 bits per heavy atom. The van der Waals surface area contributed by atoms with Crippen LogP contribution in [-0.4, -0.2) is 110 Å². The molecule has 1 saturated heterocycles. The topological polar surface area (TPSA) is 248 Å². The van der Waals surface area contributed by atoms with E-state index in [1.807, 2.05) is 0 Å². The van der Waals surface area contributed by atoms with Crippen molar-refractivity contribution in [2.45, 2.75) is 24.8 Å². The van der Waals surface area contributed by atoms with Gasteiger partial charge in [0.15, 0.2) is 22.3 Å². The van der Waals surface area contributed by atoms with Crippen LogP contribution in [-0.2, 0) is 20.8 Å². The van der Waals surface area contributed by atoms with Crippen LogP contribution in [0.2, 0.25) is 5.02 Å². The number of hydrogen-bond donors (Lipinski definition) is 7. The molecule has 3 heterocycles. The normalized spacial score (nSPS) is 16.2. The Hall–Kier alpha value is -5.54. The first-order chi connectivity index (χ1) is 24.2. The number of carboxylic acid groups (broad SMARTS) is 1. The number of carboxylic acids is 1. The number of nitrogens with one attached hydrogen (secondary N) is 3. The molecule has 1 fully saturated rings. The summed E-state index contributed by atoms with van der Waals surface area (Å²) < 4.78 is 34.0. The molecule has 0 radical (unpaired) electrons.